The number of nitriles is 1. The number of anilines is 1. The maximum atomic E-state index is 13.6. The molecule has 20 heavy (non-hydrogen) atoms. The van der Waals surface area contributed by atoms with Crippen LogP contribution in [-0.2, 0) is 0 Å². The largest absolute Gasteiger partial charge is 0.321 e. The molecule has 0 aliphatic carbocycles. The lowest BCUT2D eigenvalue weighted by Gasteiger charge is -2.08. The highest BCUT2D eigenvalue weighted by molar-refractivity contribution is 9.10. The van der Waals surface area contributed by atoms with Gasteiger partial charge in [0.25, 0.3) is 5.91 Å². The Kier molecular flexibility index (Phi) is 4.38. The van der Waals surface area contributed by atoms with Crippen molar-refractivity contribution in [1.82, 2.24) is 0 Å². The molecule has 0 bridgehead atoms. The molecule has 0 atom stereocenters. The van der Waals surface area contributed by atoms with Crippen molar-refractivity contribution in [3.05, 3.63) is 62.8 Å². The van der Waals surface area contributed by atoms with Gasteiger partial charge in [-0.25, -0.2) is 4.39 Å². The second-order valence-electron chi connectivity index (χ2n) is 3.88. The van der Waals surface area contributed by atoms with Crippen LogP contribution in [0.3, 0.4) is 0 Å². The van der Waals surface area contributed by atoms with E-state index in [1.54, 1.807) is 18.2 Å². The zero-order chi connectivity index (χ0) is 14.7. The number of amides is 1. The summed E-state index contributed by atoms with van der Waals surface area (Å²) in [5.41, 5.74) is 0.742. The van der Waals surface area contributed by atoms with E-state index >= 15 is 0 Å². The number of hydrogen-bond acceptors (Lipinski definition) is 2. The van der Waals surface area contributed by atoms with Crippen LogP contribution in [0, 0.1) is 17.1 Å². The topological polar surface area (TPSA) is 52.9 Å². The monoisotopic (exact) mass is 352 g/mol. The van der Waals surface area contributed by atoms with Crippen molar-refractivity contribution in [3.8, 4) is 6.07 Å². The van der Waals surface area contributed by atoms with Crippen molar-refractivity contribution in [2.45, 2.75) is 0 Å². The Balaban J connectivity index is 2.28. The summed E-state index contributed by atoms with van der Waals surface area (Å²) in [7, 11) is 0. The van der Waals surface area contributed by atoms with Crippen LogP contribution < -0.4 is 5.32 Å². The van der Waals surface area contributed by atoms with Gasteiger partial charge in [-0.1, -0.05) is 11.6 Å². The second kappa shape index (κ2) is 6.04. The van der Waals surface area contributed by atoms with Crippen LogP contribution in [0.1, 0.15) is 15.9 Å². The molecule has 6 heteroatoms. The van der Waals surface area contributed by atoms with Crippen LogP contribution in [0.15, 0.2) is 40.9 Å². The number of carbonyl (C=O) groups excluding carboxylic acids is 1. The normalized spacial score (nSPS) is 9.90. The molecule has 0 aliphatic heterocycles. The Bertz CT molecular complexity index is 728. The third-order valence-corrected chi connectivity index (χ3v) is 3.41. The smallest absolute Gasteiger partial charge is 0.258 e. The van der Waals surface area contributed by atoms with Gasteiger partial charge in [-0.2, -0.15) is 5.26 Å². The zero-order valence-corrected chi connectivity index (χ0v) is 12.3. The van der Waals surface area contributed by atoms with E-state index in [4.69, 9.17) is 16.9 Å². The Morgan fingerprint density at radius 2 is 2.05 bits per heavy atom. The molecule has 0 aliphatic rings. The summed E-state index contributed by atoms with van der Waals surface area (Å²) in [5.74, 6) is -1.27. The predicted molar refractivity (Wildman–Crippen MR) is 78.2 cm³/mol. The average molecular weight is 354 g/mol. The maximum absolute atomic E-state index is 13.6. The lowest BCUT2D eigenvalue weighted by atomic mass is 10.2. The van der Waals surface area contributed by atoms with Crippen LogP contribution in [0.25, 0.3) is 0 Å². The maximum Gasteiger partial charge on any atom is 0.258 e. The molecular weight excluding hydrogens is 347 g/mol. The van der Waals surface area contributed by atoms with Crippen molar-refractivity contribution in [1.29, 1.82) is 5.26 Å². The molecule has 2 rings (SSSR count). The summed E-state index contributed by atoms with van der Waals surface area (Å²) in [6.45, 7) is 0. The molecule has 0 saturated heterocycles. The summed E-state index contributed by atoms with van der Waals surface area (Å²) in [4.78, 5) is 12.0. The minimum Gasteiger partial charge on any atom is -0.321 e. The molecular formula is C14H7BrClFN2O. The molecule has 3 nitrogen and oxygen atoms in total. The van der Waals surface area contributed by atoms with E-state index in [0.717, 1.165) is 6.07 Å². The van der Waals surface area contributed by atoms with Gasteiger partial charge in [0.1, 0.15) is 5.82 Å². The number of halogens is 3. The van der Waals surface area contributed by atoms with Gasteiger partial charge in [-0.15, -0.1) is 0 Å². The number of hydrogen-bond donors (Lipinski definition) is 1. The quantitative estimate of drug-likeness (QED) is 0.872. The van der Waals surface area contributed by atoms with Crippen LogP contribution in [-0.4, -0.2) is 5.91 Å². The van der Waals surface area contributed by atoms with E-state index in [0.29, 0.717) is 15.7 Å². The van der Waals surface area contributed by atoms with Gasteiger partial charge in [-0.05, 0) is 52.3 Å². The molecule has 1 amide bonds. The zero-order valence-electron chi connectivity index (χ0n) is 9.95. The minimum absolute atomic E-state index is 0.145. The molecule has 0 radical (unpaired) electrons. The lowest BCUT2D eigenvalue weighted by molar-refractivity contribution is 0.102. The van der Waals surface area contributed by atoms with Crippen molar-refractivity contribution >= 4 is 39.1 Å². The van der Waals surface area contributed by atoms with Gasteiger partial charge in [0, 0.05) is 9.50 Å². The van der Waals surface area contributed by atoms with Crippen LogP contribution in [0.5, 0.6) is 0 Å². The van der Waals surface area contributed by atoms with Gasteiger partial charge in [0.2, 0.25) is 0 Å². The van der Waals surface area contributed by atoms with Crippen molar-refractivity contribution in [2.24, 2.45) is 0 Å². The number of nitrogens with one attached hydrogen (secondary N) is 1. The van der Waals surface area contributed by atoms with Gasteiger partial charge < -0.3 is 5.32 Å². The molecule has 0 heterocycles. The Labute approximate surface area is 128 Å². The number of carbonyl (C=O) groups is 1. The summed E-state index contributed by atoms with van der Waals surface area (Å²) < 4.78 is 14.1. The molecule has 0 unspecified atom stereocenters. The SMILES string of the molecule is N#Cc1ccc(NC(=O)c2cc(Cl)ccc2F)c(Br)c1. The minimum atomic E-state index is -0.656. The Hall–Kier alpha value is -1.90. The highest BCUT2D eigenvalue weighted by Crippen LogP contribution is 2.24. The third kappa shape index (κ3) is 3.16. The van der Waals surface area contributed by atoms with E-state index in [-0.39, 0.29) is 10.6 Å². The van der Waals surface area contributed by atoms with E-state index in [2.05, 4.69) is 21.2 Å². The fraction of sp³-hybridized carbons (Fsp3) is 0. The van der Waals surface area contributed by atoms with Crippen LogP contribution >= 0.6 is 27.5 Å². The number of rotatable bonds is 2. The predicted octanol–water partition coefficient (Wildman–Crippen LogP) is 4.37. The van der Waals surface area contributed by atoms with E-state index < -0.39 is 11.7 Å². The van der Waals surface area contributed by atoms with Crippen molar-refractivity contribution < 1.29 is 9.18 Å². The summed E-state index contributed by atoms with van der Waals surface area (Å²) in [5, 5.41) is 11.6. The molecule has 0 fully saturated rings. The first-order valence-corrected chi connectivity index (χ1v) is 6.64. The molecule has 0 saturated carbocycles. The molecule has 2 aromatic carbocycles. The lowest BCUT2D eigenvalue weighted by Crippen LogP contribution is -2.14. The van der Waals surface area contributed by atoms with Crippen LogP contribution in [0.2, 0.25) is 5.02 Å². The van der Waals surface area contributed by atoms with E-state index in [1.807, 2.05) is 6.07 Å². The first-order valence-electron chi connectivity index (χ1n) is 5.47. The second-order valence-corrected chi connectivity index (χ2v) is 5.18. The third-order valence-electron chi connectivity index (χ3n) is 2.52. The summed E-state index contributed by atoms with van der Waals surface area (Å²) in [6.07, 6.45) is 0. The molecule has 1 N–H and O–H groups in total. The van der Waals surface area contributed by atoms with E-state index in [9.17, 15) is 9.18 Å². The number of benzene rings is 2. The first kappa shape index (κ1) is 14.5. The highest BCUT2D eigenvalue weighted by Gasteiger charge is 2.14. The molecule has 2 aromatic rings. The van der Waals surface area contributed by atoms with Gasteiger partial charge in [0.15, 0.2) is 0 Å². The fourth-order valence-electron chi connectivity index (χ4n) is 1.55. The summed E-state index contributed by atoms with van der Waals surface area (Å²) in [6, 6.07) is 10.4. The Morgan fingerprint density at radius 3 is 2.70 bits per heavy atom. The van der Waals surface area contributed by atoms with E-state index in [1.165, 1.54) is 12.1 Å². The van der Waals surface area contributed by atoms with Crippen molar-refractivity contribution in [2.75, 3.05) is 5.32 Å². The molecule has 100 valence electrons. The van der Waals surface area contributed by atoms with Crippen molar-refractivity contribution in [3.63, 3.8) is 0 Å². The number of nitrogens with zero attached hydrogens (tertiary/aromatic N) is 1. The van der Waals surface area contributed by atoms with Crippen LogP contribution in [0.4, 0.5) is 10.1 Å². The average Bonchev–Trinajstić information content (AvgIpc) is 2.43. The van der Waals surface area contributed by atoms with Gasteiger partial charge >= 0.3 is 0 Å². The Morgan fingerprint density at radius 1 is 1.30 bits per heavy atom. The molecule has 0 aromatic heterocycles. The van der Waals surface area contributed by atoms with Gasteiger partial charge in [0.05, 0.1) is 22.9 Å². The summed E-state index contributed by atoms with van der Waals surface area (Å²) >= 11 is 8.98. The standard InChI is InChI=1S/C14H7BrClFN2O/c15-11-5-8(7-18)1-4-13(11)19-14(20)10-6-9(16)2-3-12(10)17/h1-6H,(H,19,20). The molecule has 0 spiro atoms. The first-order chi connectivity index (χ1) is 9.51. The van der Waals surface area contributed by atoms with Gasteiger partial charge in [-0.3, -0.25) is 4.79 Å². The highest BCUT2D eigenvalue weighted by atomic mass is 79.9. The fourth-order valence-corrected chi connectivity index (χ4v) is 2.20.